The van der Waals surface area contributed by atoms with Crippen LogP contribution in [-0.2, 0) is 16.0 Å². The number of carbonyl (C=O) groups excluding carboxylic acids is 2. The highest BCUT2D eigenvalue weighted by atomic mass is 16.2. The summed E-state index contributed by atoms with van der Waals surface area (Å²) in [4.78, 5) is 27.4. The van der Waals surface area contributed by atoms with Crippen LogP contribution in [0.1, 0.15) is 68.7 Å². The van der Waals surface area contributed by atoms with Crippen molar-refractivity contribution in [3.63, 3.8) is 0 Å². The van der Waals surface area contributed by atoms with Gasteiger partial charge >= 0.3 is 0 Å². The molecule has 6 nitrogen and oxygen atoms in total. The molecular formula is C23H30N4O2. The van der Waals surface area contributed by atoms with Crippen molar-refractivity contribution in [3.8, 4) is 0 Å². The lowest BCUT2D eigenvalue weighted by Gasteiger charge is -2.33. The van der Waals surface area contributed by atoms with Gasteiger partial charge in [-0.05, 0) is 30.7 Å². The van der Waals surface area contributed by atoms with Gasteiger partial charge in [0.1, 0.15) is 6.04 Å². The number of nitrogens with zero attached hydrogens (tertiary/aromatic N) is 2. The summed E-state index contributed by atoms with van der Waals surface area (Å²) >= 11 is 0. The summed E-state index contributed by atoms with van der Waals surface area (Å²) in [7, 11) is 0. The van der Waals surface area contributed by atoms with Crippen molar-refractivity contribution < 1.29 is 9.59 Å². The fraction of sp³-hybridized carbons (Fsp3) is 0.522. The maximum absolute atomic E-state index is 13.2. The molecule has 2 amide bonds. The molecule has 2 fully saturated rings. The van der Waals surface area contributed by atoms with Crippen LogP contribution in [0.4, 0.5) is 5.82 Å². The number of hydrogen-bond donors (Lipinski definition) is 2. The van der Waals surface area contributed by atoms with Crippen LogP contribution in [0.15, 0.2) is 36.4 Å². The smallest absolute Gasteiger partial charge is 0.253 e. The summed E-state index contributed by atoms with van der Waals surface area (Å²) in [5.41, 5.74) is 1.90. The quantitative estimate of drug-likeness (QED) is 0.770. The molecule has 6 heteroatoms. The second-order valence-corrected chi connectivity index (χ2v) is 8.33. The van der Waals surface area contributed by atoms with Crippen LogP contribution in [0, 0.1) is 5.92 Å². The summed E-state index contributed by atoms with van der Waals surface area (Å²) < 4.78 is 0. The van der Waals surface area contributed by atoms with Crippen LogP contribution in [-0.4, -0.2) is 33.5 Å². The number of carbonyl (C=O) groups is 2. The van der Waals surface area contributed by atoms with Gasteiger partial charge in [0.15, 0.2) is 5.82 Å². The number of likely N-dealkylation sites (tertiary alicyclic amines) is 1. The summed E-state index contributed by atoms with van der Waals surface area (Å²) in [5, 5.41) is 10.3. The second-order valence-electron chi connectivity index (χ2n) is 8.33. The molecule has 2 N–H and O–H groups in total. The monoisotopic (exact) mass is 394 g/mol. The molecule has 4 rings (SSSR count). The van der Waals surface area contributed by atoms with Gasteiger partial charge in [-0.3, -0.25) is 14.7 Å². The second kappa shape index (κ2) is 9.25. The molecule has 0 spiro atoms. The topological polar surface area (TPSA) is 78.1 Å². The first kappa shape index (κ1) is 19.7. The molecule has 1 aromatic heterocycles. The Morgan fingerprint density at radius 2 is 1.93 bits per heavy atom. The fourth-order valence-corrected chi connectivity index (χ4v) is 4.64. The van der Waals surface area contributed by atoms with E-state index in [9.17, 15) is 9.59 Å². The lowest BCUT2D eigenvalue weighted by molar-refractivity contribution is -0.141. The molecule has 2 aliphatic rings. The summed E-state index contributed by atoms with van der Waals surface area (Å²) in [6.07, 6.45) is 9.81. The predicted molar refractivity (Wildman–Crippen MR) is 112 cm³/mol. The van der Waals surface area contributed by atoms with E-state index in [1.54, 1.807) is 4.90 Å². The lowest BCUT2D eigenvalue weighted by atomic mass is 9.86. The highest BCUT2D eigenvalue weighted by molar-refractivity contribution is 5.97. The van der Waals surface area contributed by atoms with E-state index in [1.807, 2.05) is 36.4 Å². The van der Waals surface area contributed by atoms with Gasteiger partial charge in [-0.15, -0.1) is 0 Å². The number of amides is 2. The maximum atomic E-state index is 13.2. The minimum atomic E-state index is -0.623. The van der Waals surface area contributed by atoms with Gasteiger partial charge in [-0.2, -0.15) is 5.10 Å². The van der Waals surface area contributed by atoms with Crippen molar-refractivity contribution in [2.24, 2.45) is 5.92 Å². The number of aromatic amines is 1. The fourth-order valence-electron chi connectivity index (χ4n) is 4.64. The number of rotatable bonds is 6. The molecule has 1 unspecified atom stereocenters. The van der Waals surface area contributed by atoms with E-state index in [-0.39, 0.29) is 11.8 Å². The number of H-pyrrole nitrogens is 1. The first-order valence-corrected chi connectivity index (χ1v) is 10.9. The number of benzene rings is 1. The van der Waals surface area contributed by atoms with Gasteiger partial charge in [-0.1, -0.05) is 62.4 Å². The Bertz CT molecular complexity index is 826. The molecule has 2 aromatic rings. The van der Waals surface area contributed by atoms with Crippen LogP contribution in [0.2, 0.25) is 0 Å². The number of piperidine rings is 1. The molecule has 29 heavy (non-hydrogen) atoms. The Morgan fingerprint density at radius 1 is 1.14 bits per heavy atom. The zero-order valence-corrected chi connectivity index (χ0v) is 16.9. The predicted octanol–water partition coefficient (Wildman–Crippen LogP) is 4.22. The molecule has 0 radical (unpaired) electrons. The number of aromatic nitrogens is 2. The van der Waals surface area contributed by atoms with Gasteiger partial charge < -0.3 is 10.2 Å². The Hall–Kier alpha value is -2.63. The van der Waals surface area contributed by atoms with Crippen LogP contribution < -0.4 is 5.32 Å². The molecule has 1 atom stereocenters. The minimum Gasteiger partial charge on any atom is -0.327 e. The molecule has 2 heterocycles. The van der Waals surface area contributed by atoms with Crippen LogP contribution >= 0.6 is 0 Å². The Kier molecular flexibility index (Phi) is 6.27. The van der Waals surface area contributed by atoms with Gasteiger partial charge in [0.25, 0.3) is 5.91 Å². The van der Waals surface area contributed by atoms with E-state index >= 15 is 0 Å². The van der Waals surface area contributed by atoms with Crippen molar-refractivity contribution in [3.05, 3.63) is 47.7 Å². The third-order valence-corrected chi connectivity index (χ3v) is 6.15. The van der Waals surface area contributed by atoms with Crippen LogP contribution in [0.25, 0.3) is 0 Å². The van der Waals surface area contributed by atoms with E-state index in [0.29, 0.717) is 24.7 Å². The molecule has 1 saturated carbocycles. The number of hydrogen-bond acceptors (Lipinski definition) is 3. The number of nitrogens with one attached hydrogen (secondary N) is 2. The van der Waals surface area contributed by atoms with Gasteiger partial charge in [0.05, 0.1) is 0 Å². The highest BCUT2D eigenvalue weighted by Crippen LogP contribution is 2.28. The SMILES string of the molecule is O=C(Nc1cc(CC2CCCCC2)[nH]n1)C(c1ccccc1)N1CCCCC1=O. The van der Waals surface area contributed by atoms with E-state index in [0.717, 1.165) is 30.5 Å². The number of anilines is 1. The third kappa shape index (κ3) is 4.86. The first-order valence-electron chi connectivity index (χ1n) is 10.9. The average Bonchev–Trinajstić information content (AvgIpc) is 3.18. The minimum absolute atomic E-state index is 0.0419. The van der Waals surface area contributed by atoms with E-state index < -0.39 is 6.04 Å². The van der Waals surface area contributed by atoms with Crippen molar-refractivity contribution in [2.75, 3.05) is 11.9 Å². The molecule has 1 aliphatic heterocycles. The molecule has 154 valence electrons. The van der Waals surface area contributed by atoms with Gasteiger partial charge in [0, 0.05) is 24.7 Å². The Balaban J connectivity index is 1.47. The van der Waals surface area contributed by atoms with E-state index in [2.05, 4.69) is 15.5 Å². The maximum Gasteiger partial charge on any atom is 0.253 e. The van der Waals surface area contributed by atoms with Crippen molar-refractivity contribution >= 4 is 17.6 Å². The van der Waals surface area contributed by atoms with Gasteiger partial charge in [-0.25, -0.2) is 0 Å². The molecule has 1 aromatic carbocycles. The average molecular weight is 395 g/mol. The first-order chi connectivity index (χ1) is 14.2. The van der Waals surface area contributed by atoms with Crippen molar-refractivity contribution in [1.82, 2.24) is 15.1 Å². The molecule has 1 saturated heterocycles. The zero-order valence-electron chi connectivity index (χ0n) is 16.9. The molecule has 0 bridgehead atoms. The highest BCUT2D eigenvalue weighted by Gasteiger charge is 2.33. The zero-order chi connectivity index (χ0) is 20.1. The molecule has 1 aliphatic carbocycles. The third-order valence-electron chi connectivity index (χ3n) is 6.15. The summed E-state index contributed by atoms with van der Waals surface area (Å²) in [6, 6.07) is 10.9. The van der Waals surface area contributed by atoms with Crippen LogP contribution in [0.5, 0.6) is 0 Å². The normalized spacial score (nSPS) is 19.2. The Morgan fingerprint density at radius 3 is 2.69 bits per heavy atom. The van der Waals surface area contributed by atoms with Crippen molar-refractivity contribution in [2.45, 2.75) is 63.8 Å². The summed E-state index contributed by atoms with van der Waals surface area (Å²) in [6.45, 7) is 0.610. The van der Waals surface area contributed by atoms with Crippen molar-refractivity contribution in [1.29, 1.82) is 0 Å². The summed E-state index contributed by atoms with van der Waals surface area (Å²) in [5.74, 6) is 1.07. The Labute approximate surface area is 172 Å². The largest absolute Gasteiger partial charge is 0.327 e. The van der Waals surface area contributed by atoms with Crippen LogP contribution in [0.3, 0.4) is 0 Å². The van der Waals surface area contributed by atoms with Gasteiger partial charge in [0.2, 0.25) is 5.91 Å². The lowest BCUT2D eigenvalue weighted by Crippen LogP contribution is -2.43. The standard InChI is InChI=1S/C23H30N4O2/c28-21-13-7-8-14-27(21)22(18-11-5-2-6-12-18)23(29)24-20-16-19(25-26-20)15-17-9-3-1-4-10-17/h2,5-6,11-12,16-17,22H,1,3-4,7-10,13-15H2,(H2,24,25,26,29). The van der Waals surface area contributed by atoms with E-state index in [4.69, 9.17) is 0 Å². The van der Waals surface area contributed by atoms with E-state index in [1.165, 1.54) is 32.1 Å². The molecular weight excluding hydrogens is 364 g/mol.